The molecule has 0 saturated carbocycles. The molecule has 2 saturated heterocycles. The van der Waals surface area contributed by atoms with Crippen molar-refractivity contribution in [3.8, 4) is 0 Å². The number of hydrogen-bond acceptors (Lipinski definition) is 21. The molecule has 2 aliphatic rings. The average Bonchev–Trinajstić information content (AvgIpc) is 3.23. The molecule has 364 valence electrons. The largest absolute Gasteiger partial charge is 0.472 e. The predicted octanol–water partition coefficient (Wildman–Crippen LogP) is -5.72. The van der Waals surface area contributed by atoms with Crippen molar-refractivity contribution in [2.45, 2.75) is 107 Å². The smallest absolute Gasteiger partial charge is 0.447 e. The number of ether oxygens (including phenoxy) is 6. The summed E-state index contributed by atoms with van der Waals surface area (Å²) in [6.07, 6.45) is -14.1. The zero-order chi connectivity index (χ0) is 47.1. The first-order chi connectivity index (χ1) is 29.8. The molecule has 0 aliphatic carbocycles. The quantitative estimate of drug-likeness (QED) is 0.0270. The summed E-state index contributed by atoms with van der Waals surface area (Å²) < 4.78 is 53.2. The van der Waals surface area contributed by atoms with Crippen LogP contribution in [-0.2, 0) is 61.2 Å². The summed E-state index contributed by atoms with van der Waals surface area (Å²) in [5.74, 6) is -1.99. The summed E-state index contributed by atoms with van der Waals surface area (Å²) in [6.45, 7) is -0.444. The second-order valence-electron chi connectivity index (χ2n) is 13.9. The summed E-state index contributed by atoms with van der Waals surface area (Å²) in [5.41, 5.74) is 0. The molecule has 0 bridgehead atoms. The first-order valence-corrected chi connectivity index (χ1v) is 21.3. The molecule has 6 amide bonds. The van der Waals surface area contributed by atoms with Crippen molar-refractivity contribution in [2.24, 2.45) is 0 Å². The predicted molar refractivity (Wildman–Crippen MR) is 208 cm³/mol. The Bertz CT molecular complexity index is 1410. The number of hydrogen-bond donors (Lipinski definition) is 13. The first-order valence-electron chi connectivity index (χ1n) is 19.8. The first kappa shape index (κ1) is 55.3. The average molecular weight is 937 g/mol. The lowest BCUT2D eigenvalue weighted by atomic mass is 9.97. The van der Waals surface area contributed by atoms with E-state index in [9.17, 15) is 68.9 Å². The number of carbonyl (C=O) groups is 6. The lowest BCUT2D eigenvalue weighted by Gasteiger charge is -2.42. The molecule has 0 aromatic heterocycles. The summed E-state index contributed by atoms with van der Waals surface area (Å²) in [4.78, 5) is 81.7. The molecule has 12 atom stereocenters. The van der Waals surface area contributed by atoms with Crippen molar-refractivity contribution < 1.29 is 106 Å². The van der Waals surface area contributed by atoms with Crippen molar-refractivity contribution in [3.05, 3.63) is 0 Å². The highest BCUT2D eigenvalue weighted by atomic mass is 31.2. The van der Waals surface area contributed by atoms with Gasteiger partial charge >= 0.3 is 20.0 Å². The molecule has 13 N–H and O–H groups in total. The van der Waals surface area contributed by atoms with Crippen LogP contribution in [0.4, 0.5) is 9.59 Å². The van der Waals surface area contributed by atoms with Crippen LogP contribution in [0.3, 0.4) is 0 Å². The van der Waals surface area contributed by atoms with Gasteiger partial charge in [-0.1, -0.05) is 0 Å². The van der Waals surface area contributed by atoms with Crippen molar-refractivity contribution in [3.63, 3.8) is 0 Å². The van der Waals surface area contributed by atoms with Crippen LogP contribution in [0.1, 0.15) is 39.5 Å². The maximum Gasteiger partial charge on any atom is 0.472 e. The number of nitrogens with one attached hydrogen (secondary N) is 6. The van der Waals surface area contributed by atoms with Crippen molar-refractivity contribution in [2.75, 3.05) is 72.9 Å². The van der Waals surface area contributed by atoms with Crippen LogP contribution in [-0.4, -0.2) is 212 Å². The fourth-order valence-electron chi connectivity index (χ4n) is 5.74. The van der Waals surface area contributed by atoms with Crippen LogP contribution in [0.25, 0.3) is 0 Å². The Morgan fingerprint density at radius 3 is 1.38 bits per heavy atom. The minimum absolute atomic E-state index is 0.0144. The zero-order valence-corrected chi connectivity index (χ0v) is 35.8. The molecule has 0 aromatic rings. The van der Waals surface area contributed by atoms with E-state index in [4.69, 9.17) is 32.9 Å². The number of amides is 6. The minimum atomic E-state index is -4.66. The topological polar surface area (TPSA) is 407 Å². The van der Waals surface area contributed by atoms with E-state index in [1.54, 1.807) is 0 Å². The van der Waals surface area contributed by atoms with Gasteiger partial charge in [-0.25, -0.2) is 14.2 Å². The third kappa shape index (κ3) is 20.7. The van der Waals surface area contributed by atoms with Gasteiger partial charge in [-0.15, -0.1) is 0 Å². The molecule has 2 heterocycles. The second-order valence-corrected chi connectivity index (χ2v) is 15.5. The molecule has 2 rings (SSSR count). The highest BCUT2D eigenvalue weighted by Crippen LogP contribution is 2.43. The molecule has 29 heteroatoms. The molecular formula is C34H61N6O22P. The van der Waals surface area contributed by atoms with E-state index in [0.717, 1.165) is 7.11 Å². The Morgan fingerprint density at radius 1 is 0.635 bits per heavy atom. The third-order valence-electron chi connectivity index (χ3n) is 8.91. The molecule has 2 aliphatic heterocycles. The molecule has 28 nitrogen and oxygen atoms in total. The fraction of sp³-hybridized carbons (Fsp3) is 0.824. The van der Waals surface area contributed by atoms with E-state index >= 15 is 0 Å². The number of aliphatic hydroxyl groups excluding tert-OH is 6. The Morgan fingerprint density at radius 2 is 1.03 bits per heavy atom. The maximum absolute atomic E-state index is 12.2. The van der Waals surface area contributed by atoms with Gasteiger partial charge in [0.05, 0.1) is 26.4 Å². The second kappa shape index (κ2) is 28.8. The van der Waals surface area contributed by atoms with Gasteiger partial charge < -0.3 is 95.9 Å². The zero-order valence-electron chi connectivity index (χ0n) is 35.0. The fourth-order valence-corrected chi connectivity index (χ4v) is 6.32. The normalized spacial score (nSPS) is 27.1. The number of phosphoric acid groups is 1. The van der Waals surface area contributed by atoms with Crippen LogP contribution >= 0.6 is 7.82 Å². The standard InChI is InChI=1S/C34H61N6O22P/c1-18(43)39-25-29(49)27(47)21(14-41)60-31(25)56-12-4-8-35-23(45)6-10-37-33(51)58-16-20(62-63(53,54)55-3)17-59-34(52)38-11-7-24(46)36-9-5-13-57-32-26(40-19(2)44)30(50)28(48)22(15-42)61-32/h20-22,25-32,41-42,47-50H,4-17H2,1-3H3,(H,35,45)(H,36,46)(H,37,51)(H,38,52)(H,39,43)(H,40,44)(H,53,54)/t20?,21-,22-,25-,26?,27+,28+,29-,30-,31-,32-/m1/s1. The number of aliphatic hydroxyl groups is 6. The molecule has 0 aromatic carbocycles. The van der Waals surface area contributed by atoms with Crippen molar-refractivity contribution >= 4 is 43.6 Å². The summed E-state index contributed by atoms with van der Waals surface area (Å²) >= 11 is 0. The van der Waals surface area contributed by atoms with E-state index in [0.29, 0.717) is 0 Å². The van der Waals surface area contributed by atoms with Gasteiger partial charge in [-0.2, -0.15) is 0 Å². The van der Waals surface area contributed by atoms with Gasteiger partial charge in [0.15, 0.2) is 12.6 Å². The summed E-state index contributed by atoms with van der Waals surface area (Å²) in [5, 5.41) is 74.2. The minimum Gasteiger partial charge on any atom is -0.447 e. The molecule has 3 unspecified atom stereocenters. The lowest BCUT2D eigenvalue weighted by molar-refractivity contribution is -0.270. The van der Waals surface area contributed by atoms with Gasteiger partial charge in [-0.3, -0.25) is 28.2 Å². The van der Waals surface area contributed by atoms with Crippen molar-refractivity contribution in [1.29, 1.82) is 0 Å². The van der Waals surface area contributed by atoms with Crippen LogP contribution in [0.2, 0.25) is 0 Å². The Hall–Kier alpha value is -3.87. The Balaban J connectivity index is 1.64. The van der Waals surface area contributed by atoms with E-state index < -0.39 is 137 Å². The monoisotopic (exact) mass is 936 g/mol. The van der Waals surface area contributed by atoms with E-state index in [2.05, 4.69) is 36.4 Å². The van der Waals surface area contributed by atoms with Gasteiger partial charge in [0.25, 0.3) is 0 Å². The van der Waals surface area contributed by atoms with Gasteiger partial charge in [0, 0.05) is 60.0 Å². The van der Waals surface area contributed by atoms with Gasteiger partial charge in [0.1, 0.15) is 68.0 Å². The van der Waals surface area contributed by atoms with Crippen LogP contribution < -0.4 is 31.9 Å². The molecule has 2 fully saturated rings. The molecule has 0 radical (unpaired) electrons. The van der Waals surface area contributed by atoms with Gasteiger partial charge in [0.2, 0.25) is 23.6 Å². The molecule has 63 heavy (non-hydrogen) atoms. The van der Waals surface area contributed by atoms with Crippen LogP contribution in [0, 0.1) is 0 Å². The highest BCUT2D eigenvalue weighted by Gasteiger charge is 2.46. The van der Waals surface area contributed by atoms with Crippen LogP contribution in [0.15, 0.2) is 0 Å². The van der Waals surface area contributed by atoms with E-state index in [1.165, 1.54) is 13.8 Å². The molecular weight excluding hydrogens is 875 g/mol. The summed E-state index contributed by atoms with van der Waals surface area (Å²) in [7, 11) is -3.79. The van der Waals surface area contributed by atoms with E-state index in [-0.39, 0.29) is 65.1 Å². The van der Waals surface area contributed by atoms with E-state index in [1.807, 2.05) is 0 Å². The van der Waals surface area contributed by atoms with Gasteiger partial charge in [-0.05, 0) is 12.8 Å². The SMILES string of the molecule is COP(=O)(O)OC(COC(=O)NCCC(=O)NCCCO[C@@H]1O[C@H](CO)[C@H](O)[C@H](O)C1NC(C)=O)COC(=O)NCCC(=O)NCCCO[C@@H]1O[C@H](CO)[C@H](O)[C@H](O)[C@H]1NC(C)=O. The third-order valence-corrected chi connectivity index (χ3v) is 9.93. The number of alkyl carbamates (subject to hydrolysis) is 2. The summed E-state index contributed by atoms with van der Waals surface area (Å²) in [6, 6.07) is -2.24. The van der Waals surface area contributed by atoms with Crippen molar-refractivity contribution in [1.82, 2.24) is 31.9 Å². The Kier molecular flexibility index (Phi) is 25.3. The Labute approximate surface area is 361 Å². The van der Waals surface area contributed by atoms with Crippen LogP contribution in [0.5, 0.6) is 0 Å². The molecule has 0 spiro atoms. The lowest BCUT2D eigenvalue weighted by Crippen LogP contribution is -2.64. The number of phosphoric ester groups is 1. The maximum atomic E-state index is 12.2. The number of rotatable bonds is 27. The number of carbonyl (C=O) groups excluding carboxylic acids is 6. The highest BCUT2D eigenvalue weighted by molar-refractivity contribution is 7.47.